The second kappa shape index (κ2) is 11.1. The number of hydrogen-bond acceptors (Lipinski definition) is 5. The molecule has 1 saturated heterocycles. The standard InChI is InChI=1S/C22H36N4O4/c1-6-11-26-12-9-16(10-13-26)15-23-20(27)24-17-7-8-19(29-5)18(14-17)25-21(28)30-22(2,3)4/h7-8,14,16H,6,9-13,15H2,1-5H3,(H,25,28)(H2,23,24,27). The number of rotatable bonds is 7. The number of ether oxygens (including phenoxy) is 2. The minimum atomic E-state index is -0.611. The number of likely N-dealkylation sites (tertiary alicyclic amines) is 1. The van der Waals surface area contributed by atoms with Gasteiger partial charge in [0.1, 0.15) is 11.4 Å². The van der Waals surface area contributed by atoms with Crippen LogP contribution in [-0.4, -0.2) is 55.9 Å². The van der Waals surface area contributed by atoms with E-state index in [2.05, 4.69) is 27.8 Å². The summed E-state index contributed by atoms with van der Waals surface area (Å²) in [6.07, 6.45) is 2.80. The maximum Gasteiger partial charge on any atom is 0.412 e. The summed E-state index contributed by atoms with van der Waals surface area (Å²) in [5.74, 6) is 0.981. The summed E-state index contributed by atoms with van der Waals surface area (Å²) >= 11 is 0. The predicted molar refractivity (Wildman–Crippen MR) is 119 cm³/mol. The van der Waals surface area contributed by atoms with Crippen LogP contribution in [0.5, 0.6) is 5.75 Å². The van der Waals surface area contributed by atoms with E-state index in [1.807, 2.05) is 0 Å². The molecule has 2 rings (SSSR count). The number of carbonyl (C=O) groups is 2. The van der Waals surface area contributed by atoms with Crippen LogP contribution in [0.1, 0.15) is 47.0 Å². The van der Waals surface area contributed by atoms with E-state index < -0.39 is 11.7 Å². The number of amides is 3. The molecule has 3 N–H and O–H groups in total. The van der Waals surface area contributed by atoms with Gasteiger partial charge in [-0.3, -0.25) is 5.32 Å². The monoisotopic (exact) mass is 420 g/mol. The molecule has 8 nitrogen and oxygen atoms in total. The highest BCUT2D eigenvalue weighted by Gasteiger charge is 2.20. The molecule has 0 spiro atoms. The summed E-state index contributed by atoms with van der Waals surface area (Å²) in [7, 11) is 1.52. The number of urea groups is 1. The average Bonchev–Trinajstić information content (AvgIpc) is 2.66. The van der Waals surface area contributed by atoms with Crippen molar-refractivity contribution < 1.29 is 19.1 Å². The van der Waals surface area contributed by atoms with Crippen LogP contribution in [-0.2, 0) is 4.74 Å². The van der Waals surface area contributed by atoms with E-state index in [1.54, 1.807) is 39.0 Å². The highest BCUT2D eigenvalue weighted by molar-refractivity contribution is 5.92. The lowest BCUT2D eigenvalue weighted by Crippen LogP contribution is -2.40. The third-order valence-electron chi connectivity index (χ3n) is 4.89. The Kier molecular flexibility index (Phi) is 8.77. The SMILES string of the molecule is CCCN1CCC(CNC(=O)Nc2ccc(OC)c(NC(=O)OC(C)(C)C)c2)CC1. The lowest BCUT2D eigenvalue weighted by molar-refractivity contribution is 0.0635. The minimum absolute atomic E-state index is 0.264. The Morgan fingerprint density at radius 2 is 1.87 bits per heavy atom. The van der Waals surface area contributed by atoms with Gasteiger partial charge in [-0.2, -0.15) is 0 Å². The summed E-state index contributed by atoms with van der Waals surface area (Å²) < 4.78 is 10.6. The first-order chi connectivity index (χ1) is 14.2. The number of anilines is 2. The van der Waals surface area contributed by atoms with Gasteiger partial charge < -0.3 is 25.0 Å². The largest absolute Gasteiger partial charge is 0.495 e. The van der Waals surface area contributed by atoms with Crippen molar-refractivity contribution in [3.8, 4) is 5.75 Å². The lowest BCUT2D eigenvalue weighted by Gasteiger charge is -2.31. The number of methoxy groups -OCH3 is 1. The summed E-state index contributed by atoms with van der Waals surface area (Å²) in [4.78, 5) is 26.9. The number of carbonyl (C=O) groups excluding carboxylic acids is 2. The van der Waals surface area contributed by atoms with Gasteiger partial charge >= 0.3 is 12.1 Å². The van der Waals surface area contributed by atoms with Gasteiger partial charge in [-0.15, -0.1) is 0 Å². The third kappa shape index (κ3) is 8.10. The molecule has 8 heteroatoms. The molecule has 1 heterocycles. The molecule has 0 aliphatic carbocycles. The molecule has 1 fully saturated rings. The second-order valence-electron chi connectivity index (χ2n) is 8.66. The molecule has 0 unspecified atom stereocenters. The van der Waals surface area contributed by atoms with Crippen molar-refractivity contribution in [1.29, 1.82) is 0 Å². The fourth-order valence-corrected chi connectivity index (χ4v) is 3.44. The van der Waals surface area contributed by atoms with Crippen LogP contribution in [0.4, 0.5) is 21.0 Å². The van der Waals surface area contributed by atoms with Crippen LogP contribution in [0.3, 0.4) is 0 Å². The number of nitrogens with zero attached hydrogens (tertiary/aromatic N) is 1. The zero-order valence-corrected chi connectivity index (χ0v) is 18.8. The molecule has 1 aliphatic heterocycles. The highest BCUT2D eigenvalue weighted by Crippen LogP contribution is 2.28. The smallest absolute Gasteiger partial charge is 0.412 e. The highest BCUT2D eigenvalue weighted by atomic mass is 16.6. The molecule has 0 saturated carbocycles. The van der Waals surface area contributed by atoms with Crippen molar-refractivity contribution in [2.75, 3.05) is 43.9 Å². The molecule has 0 aromatic heterocycles. The topological polar surface area (TPSA) is 91.9 Å². The number of nitrogens with one attached hydrogen (secondary N) is 3. The molecule has 1 aliphatic rings. The second-order valence-corrected chi connectivity index (χ2v) is 8.66. The maximum atomic E-state index is 12.3. The van der Waals surface area contributed by atoms with E-state index in [0.29, 0.717) is 29.6 Å². The Bertz CT molecular complexity index is 710. The van der Waals surface area contributed by atoms with Crippen LogP contribution in [0, 0.1) is 5.92 Å². The van der Waals surface area contributed by atoms with E-state index >= 15 is 0 Å². The molecule has 0 radical (unpaired) electrons. The number of benzene rings is 1. The Morgan fingerprint density at radius 3 is 2.47 bits per heavy atom. The van der Waals surface area contributed by atoms with Crippen LogP contribution >= 0.6 is 0 Å². The van der Waals surface area contributed by atoms with E-state index in [9.17, 15) is 9.59 Å². The first-order valence-electron chi connectivity index (χ1n) is 10.7. The van der Waals surface area contributed by atoms with Gasteiger partial charge in [-0.25, -0.2) is 9.59 Å². The van der Waals surface area contributed by atoms with Crippen molar-refractivity contribution in [2.24, 2.45) is 5.92 Å². The molecular weight excluding hydrogens is 384 g/mol. The fraction of sp³-hybridized carbons (Fsp3) is 0.636. The van der Waals surface area contributed by atoms with Crippen LogP contribution < -0.4 is 20.7 Å². The van der Waals surface area contributed by atoms with Crippen molar-refractivity contribution in [3.05, 3.63) is 18.2 Å². The summed E-state index contributed by atoms with van der Waals surface area (Å²) in [5.41, 5.74) is 0.365. The van der Waals surface area contributed by atoms with Crippen LogP contribution in [0.2, 0.25) is 0 Å². The van der Waals surface area contributed by atoms with E-state index in [4.69, 9.17) is 9.47 Å². The van der Waals surface area contributed by atoms with Gasteiger partial charge in [0.25, 0.3) is 0 Å². The van der Waals surface area contributed by atoms with E-state index in [0.717, 1.165) is 32.5 Å². The molecular formula is C22H36N4O4. The Labute approximate surface area is 179 Å². The molecule has 30 heavy (non-hydrogen) atoms. The van der Waals surface area contributed by atoms with Crippen molar-refractivity contribution in [1.82, 2.24) is 10.2 Å². The van der Waals surface area contributed by atoms with Crippen LogP contribution in [0.15, 0.2) is 18.2 Å². The minimum Gasteiger partial charge on any atom is -0.495 e. The number of piperidine rings is 1. The zero-order chi connectivity index (χ0) is 22.1. The molecule has 168 valence electrons. The van der Waals surface area contributed by atoms with E-state index in [-0.39, 0.29) is 6.03 Å². The van der Waals surface area contributed by atoms with E-state index in [1.165, 1.54) is 13.5 Å². The van der Waals surface area contributed by atoms with Gasteiger partial charge in [-0.1, -0.05) is 6.92 Å². The van der Waals surface area contributed by atoms with Gasteiger partial charge in [-0.05, 0) is 83.8 Å². The van der Waals surface area contributed by atoms with Crippen molar-refractivity contribution in [3.63, 3.8) is 0 Å². The first-order valence-corrected chi connectivity index (χ1v) is 10.7. The Balaban J connectivity index is 1.87. The summed E-state index contributed by atoms with van der Waals surface area (Å²) in [6.45, 7) is 11.6. The molecule has 3 amide bonds. The number of hydrogen-bond donors (Lipinski definition) is 3. The zero-order valence-electron chi connectivity index (χ0n) is 18.8. The Morgan fingerprint density at radius 1 is 1.17 bits per heavy atom. The Hall–Kier alpha value is -2.48. The maximum absolute atomic E-state index is 12.3. The van der Waals surface area contributed by atoms with Gasteiger partial charge in [0.05, 0.1) is 12.8 Å². The fourth-order valence-electron chi connectivity index (χ4n) is 3.44. The normalized spacial score (nSPS) is 15.4. The van der Waals surface area contributed by atoms with Crippen molar-refractivity contribution in [2.45, 2.75) is 52.6 Å². The molecule has 0 atom stereocenters. The molecule has 1 aromatic rings. The van der Waals surface area contributed by atoms with Gasteiger partial charge in [0, 0.05) is 12.2 Å². The average molecular weight is 421 g/mol. The third-order valence-corrected chi connectivity index (χ3v) is 4.89. The van der Waals surface area contributed by atoms with Gasteiger partial charge in [0.2, 0.25) is 0 Å². The summed E-state index contributed by atoms with van der Waals surface area (Å²) in [6, 6.07) is 4.79. The molecule has 1 aromatic carbocycles. The quantitative estimate of drug-likeness (QED) is 0.612. The van der Waals surface area contributed by atoms with Gasteiger partial charge in [0.15, 0.2) is 0 Å². The molecule has 0 bridgehead atoms. The first kappa shape index (κ1) is 23.8. The van der Waals surface area contributed by atoms with Crippen molar-refractivity contribution >= 4 is 23.5 Å². The predicted octanol–water partition coefficient (Wildman–Crippen LogP) is 4.29. The summed E-state index contributed by atoms with van der Waals surface area (Å²) in [5, 5.41) is 8.44. The van der Waals surface area contributed by atoms with Crippen LogP contribution in [0.25, 0.3) is 0 Å². The lowest BCUT2D eigenvalue weighted by atomic mass is 9.97.